The summed E-state index contributed by atoms with van der Waals surface area (Å²) in [4.78, 5) is 25.5. The molecule has 0 aliphatic heterocycles. The van der Waals surface area contributed by atoms with E-state index in [4.69, 9.17) is 33.2 Å². The summed E-state index contributed by atoms with van der Waals surface area (Å²) in [6, 6.07) is 13.8. The van der Waals surface area contributed by atoms with Crippen LogP contribution < -0.4 is 10.1 Å². The van der Waals surface area contributed by atoms with Crippen molar-refractivity contribution in [2.45, 2.75) is 6.42 Å². The van der Waals surface area contributed by atoms with Crippen molar-refractivity contribution in [3.8, 4) is 11.8 Å². The fourth-order valence-corrected chi connectivity index (χ4v) is 2.64. The van der Waals surface area contributed by atoms with Crippen LogP contribution in [0.5, 0.6) is 5.75 Å². The Balaban J connectivity index is 1.84. The molecule has 0 heterocycles. The second kappa shape index (κ2) is 9.81. The van der Waals surface area contributed by atoms with Gasteiger partial charge in [0.2, 0.25) is 5.91 Å². The first-order chi connectivity index (χ1) is 12.9. The second-order valence-electron chi connectivity index (χ2n) is 5.66. The van der Waals surface area contributed by atoms with Gasteiger partial charge in [-0.2, -0.15) is 5.26 Å². The average molecular weight is 406 g/mol. The number of hydrogen-bond acceptors (Lipinski definition) is 4. The van der Waals surface area contributed by atoms with Crippen LogP contribution in [-0.4, -0.2) is 36.9 Å². The summed E-state index contributed by atoms with van der Waals surface area (Å²) < 4.78 is 5.41. The highest BCUT2D eigenvalue weighted by molar-refractivity contribution is 6.39. The van der Waals surface area contributed by atoms with Gasteiger partial charge < -0.3 is 15.0 Å². The lowest BCUT2D eigenvalue weighted by atomic mass is 10.2. The summed E-state index contributed by atoms with van der Waals surface area (Å²) in [5.74, 6) is -0.288. The van der Waals surface area contributed by atoms with Crippen molar-refractivity contribution in [2.24, 2.45) is 0 Å². The number of carbonyl (C=O) groups is 2. The van der Waals surface area contributed by atoms with E-state index >= 15 is 0 Å². The van der Waals surface area contributed by atoms with Crippen LogP contribution in [0.3, 0.4) is 0 Å². The number of rotatable bonds is 7. The van der Waals surface area contributed by atoms with Gasteiger partial charge in [-0.15, -0.1) is 0 Å². The average Bonchev–Trinajstić information content (AvgIpc) is 2.64. The number of nitriles is 1. The fourth-order valence-electron chi connectivity index (χ4n) is 2.15. The molecule has 140 valence electrons. The lowest BCUT2D eigenvalue weighted by Gasteiger charge is -2.18. The number of halogens is 2. The van der Waals surface area contributed by atoms with Crippen molar-refractivity contribution in [2.75, 3.05) is 25.5 Å². The molecule has 27 heavy (non-hydrogen) atoms. The zero-order valence-corrected chi connectivity index (χ0v) is 16.0. The lowest BCUT2D eigenvalue weighted by Crippen LogP contribution is -2.37. The van der Waals surface area contributed by atoms with Gasteiger partial charge in [0.1, 0.15) is 5.75 Å². The Morgan fingerprint density at radius 3 is 2.37 bits per heavy atom. The van der Waals surface area contributed by atoms with E-state index in [1.54, 1.807) is 42.5 Å². The molecule has 0 radical (unpaired) electrons. The largest absolute Gasteiger partial charge is 0.484 e. The molecule has 8 heteroatoms. The Kier molecular flexibility index (Phi) is 7.47. The van der Waals surface area contributed by atoms with Crippen LogP contribution in [0.4, 0.5) is 5.69 Å². The Bertz CT molecular complexity index is 843. The fraction of sp³-hybridized carbons (Fsp3) is 0.211. The van der Waals surface area contributed by atoms with Crippen LogP contribution in [0.2, 0.25) is 10.0 Å². The Labute approximate surface area is 167 Å². The molecule has 0 fully saturated rings. The quantitative estimate of drug-likeness (QED) is 0.763. The standard InChI is InChI=1S/C19H17Cl2N3O3/c1-24(11-17(25)23-19-15(20)3-2-4-16(19)21)18(26)12-27-14-7-5-13(6-8-14)9-10-22/h2-8H,9,11-12H2,1H3,(H,23,25). The van der Waals surface area contributed by atoms with Gasteiger partial charge in [0.05, 0.1) is 34.8 Å². The van der Waals surface area contributed by atoms with Gasteiger partial charge in [-0.05, 0) is 29.8 Å². The smallest absolute Gasteiger partial charge is 0.260 e. The predicted molar refractivity (Wildman–Crippen MR) is 104 cm³/mol. The van der Waals surface area contributed by atoms with E-state index in [9.17, 15) is 9.59 Å². The van der Waals surface area contributed by atoms with Crippen molar-refractivity contribution in [1.82, 2.24) is 4.90 Å². The van der Waals surface area contributed by atoms with E-state index in [1.807, 2.05) is 0 Å². The molecule has 0 unspecified atom stereocenters. The molecule has 0 aliphatic carbocycles. The van der Waals surface area contributed by atoms with E-state index < -0.39 is 5.91 Å². The van der Waals surface area contributed by atoms with Crippen LogP contribution in [0.1, 0.15) is 5.56 Å². The number of anilines is 1. The van der Waals surface area contributed by atoms with Crippen LogP contribution in [0.15, 0.2) is 42.5 Å². The molecule has 0 aromatic heterocycles. The molecular formula is C19H17Cl2N3O3. The number of para-hydroxylation sites is 1. The van der Waals surface area contributed by atoms with Crippen molar-refractivity contribution in [3.63, 3.8) is 0 Å². The summed E-state index contributed by atoms with van der Waals surface area (Å²) >= 11 is 12.0. The van der Waals surface area contributed by atoms with Gasteiger partial charge in [-0.25, -0.2) is 0 Å². The van der Waals surface area contributed by atoms with Gasteiger partial charge >= 0.3 is 0 Å². The first-order valence-corrected chi connectivity index (χ1v) is 8.73. The predicted octanol–water partition coefficient (Wildman–Crippen LogP) is 3.54. The Hall–Kier alpha value is -2.75. The number of nitrogens with one attached hydrogen (secondary N) is 1. The van der Waals surface area contributed by atoms with E-state index in [2.05, 4.69) is 11.4 Å². The maximum absolute atomic E-state index is 12.1. The molecule has 0 bridgehead atoms. The van der Waals surface area contributed by atoms with Crippen LogP contribution >= 0.6 is 23.2 Å². The van der Waals surface area contributed by atoms with Crippen LogP contribution in [0, 0.1) is 11.3 Å². The number of benzene rings is 2. The SMILES string of the molecule is CN(CC(=O)Nc1c(Cl)cccc1Cl)C(=O)COc1ccc(CC#N)cc1. The van der Waals surface area contributed by atoms with Crippen molar-refractivity contribution in [1.29, 1.82) is 5.26 Å². The molecule has 2 aromatic rings. The summed E-state index contributed by atoms with van der Waals surface area (Å²) in [6.07, 6.45) is 0.312. The highest BCUT2D eigenvalue weighted by atomic mass is 35.5. The number of likely N-dealkylation sites (N-methyl/N-ethyl adjacent to an activating group) is 1. The number of nitrogens with zero attached hydrogens (tertiary/aromatic N) is 2. The maximum Gasteiger partial charge on any atom is 0.260 e. The lowest BCUT2D eigenvalue weighted by molar-refractivity contribution is -0.135. The molecule has 1 N–H and O–H groups in total. The van der Waals surface area contributed by atoms with Crippen molar-refractivity contribution < 1.29 is 14.3 Å². The maximum atomic E-state index is 12.1. The molecule has 2 amide bonds. The van der Waals surface area contributed by atoms with E-state index in [-0.39, 0.29) is 19.1 Å². The highest BCUT2D eigenvalue weighted by Crippen LogP contribution is 2.29. The minimum absolute atomic E-state index is 0.176. The molecule has 0 spiro atoms. The molecule has 2 aromatic carbocycles. The normalized spacial score (nSPS) is 10.0. The molecular weight excluding hydrogens is 389 g/mol. The minimum Gasteiger partial charge on any atom is -0.484 e. The number of ether oxygens (including phenoxy) is 1. The summed E-state index contributed by atoms with van der Waals surface area (Å²) in [5, 5.41) is 11.9. The monoisotopic (exact) mass is 405 g/mol. The number of amides is 2. The molecule has 0 saturated heterocycles. The van der Waals surface area contributed by atoms with E-state index in [0.29, 0.717) is 27.9 Å². The number of hydrogen-bond donors (Lipinski definition) is 1. The van der Waals surface area contributed by atoms with Gasteiger partial charge in [0, 0.05) is 7.05 Å². The Morgan fingerprint density at radius 2 is 1.78 bits per heavy atom. The van der Waals surface area contributed by atoms with Gasteiger partial charge in [-0.3, -0.25) is 9.59 Å². The third-order valence-corrected chi connectivity index (χ3v) is 4.23. The molecule has 6 nitrogen and oxygen atoms in total. The molecule has 0 aliphatic rings. The second-order valence-corrected chi connectivity index (χ2v) is 6.48. The third kappa shape index (κ3) is 6.17. The minimum atomic E-state index is -0.429. The first-order valence-electron chi connectivity index (χ1n) is 7.97. The van der Waals surface area contributed by atoms with Gasteiger partial charge in [-0.1, -0.05) is 41.4 Å². The van der Waals surface area contributed by atoms with E-state index in [0.717, 1.165) is 5.56 Å². The van der Waals surface area contributed by atoms with Crippen LogP contribution in [0.25, 0.3) is 0 Å². The summed E-state index contributed by atoms with van der Waals surface area (Å²) in [6.45, 7) is -0.390. The van der Waals surface area contributed by atoms with Gasteiger partial charge in [0.15, 0.2) is 6.61 Å². The van der Waals surface area contributed by atoms with E-state index in [1.165, 1.54) is 11.9 Å². The van der Waals surface area contributed by atoms with Crippen molar-refractivity contribution in [3.05, 3.63) is 58.1 Å². The third-order valence-electron chi connectivity index (χ3n) is 3.60. The van der Waals surface area contributed by atoms with Crippen molar-refractivity contribution >= 4 is 40.7 Å². The molecule has 0 atom stereocenters. The summed E-state index contributed by atoms with van der Waals surface area (Å²) in [7, 11) is 1.50. The topological polar surface area (TPSA) is 82.4 Å². The van der Waals surface area contributed by atoms with Gasteiger partial charge in [0.25, 0.3) is 5.91 Å². The zero-order valence-electron chi connectivity index (χ0n) is 14.5. The van der Waals surface area contributed by atoms with Crippen LogP contribution in [-0.2, 0) is 16.0 Å². The first kappa shape index (κ1) is 20.6. The molecule has 0 saturated carbocycles. The number of carbonyl (C=O) groups excluding carboxylic acids is 2. The molecule has 2 rings (SSSR count). The highest BCUT2D eigenvalue weighted by Gasteiger charge is 2.16. The zero-order chi connectivity index (χ0) is 19.8. The summed E-state index contributed by atoms with van der Waals surface area (Å²) in [5.41, 5.74) is 1.17. The Morgan fingerprint density at radius 1 is 1.15 bits per heavy atom.